The third-order valence-corrected chi connectivity index (χ3v) is 6.34. The molecular formula is C20H26ClN3O2S. The minimum Gasteiger partial charge on any atom is -0.368 e. The van der Waals surface area contributed by atoms with Crippen molar-refractivity contribution in [3.05, 3.63) is 34.7 Å². The van der Waals surface area contributed by atoms with E-state index in [1.807, 2.05) is 5.38 Å². The van der Waals surface area contributed by atoms with Crippen LogP contribution < -0.4 is 10.6 Å². The summed E-state index contributed by atoms with van der Waals surface area (Å²) in [5.41, 5.74) is 4.22. The Morgan fingerprint density at radius 2 is 1.96 bits per heavy atom. The molecule has 0 atom stereocenters. The summed E-state index contributed by atoms with van der Waals surface area (Å²) < 4.78 is 5.59. The van der Waals surface area contributed by atoms with Crippen LogP contribution in [0.5, 0.6) is 0 Å². The fourth-order valence-electron chi connectivity index (χ4n) is 3.92. The van der Waals surface area contributed by atoms with Crippen molar-refractivity contribution in [1.82, 2.24) is 10.3 Å². The number of benzene rings is 1. The van der Waals surface area contributed by atoms with Gasteiger partial charge in [-0.25, -0.2) is 4.98 Å². The van der Waals surface area contributed by atoms with Gasteiger partial charge in [0.25, 0.3) is 5.91 Å². The summed E-state index contributed by atoms with van der Waals surface area (Å²) in [6.07, 6.45) is 6.25. The van der Waals surface area contributed by atoms with Gasteiger partial charge in [0.2, 0.25) is 0 Å². The summed E-state index contributed by atoms with van der Waals surface area (Å²) in [4.78, 5) is 17.4. The molecule has 1 aromatic heterocycles. The Hall–Kier alpha value is -1.47. The number of halogens is 1. The van der Waals surface area contributed by atoms with E-state index in [9.17, 15) is 4.79 Å². The monoisotopic (exact) mass is 407 g/mol. The summed E-state index contributed by atoms with van der Waals surface area (Å²) in [7, 11) is 1.62. The Morgan fingerprint density at radius 3 is 2.70 bits per heavy atom. The van der Waals surface area contributed by atoms with Crippen molar-refractivity contribution in [1.29, 1.82) is 0 Å². The van der Waals surface area contributed by atoms with E-state index >= 15 is 0 Å². The second-order valence-corrected chi connectivity index (χ2v) is 7.99. The van der Waals surface area contributed by atoms with Crippen molar-refractivity contribution in [2.75, 3.05) is 25.5 Å². The van der Waals surface area contributed by atoms with Crippen molar-refractivity contribution in [3.63, 3.8) is 0 Å². The predicted octanol–water partition coefficient (Wildman–Crippen LogP) is 3.82. The van der Waals surface area contributed by atoms with E-state index in [0.717, 1.165) is 30.8 Å². The van der Waals surface area contributed by atoms with E-state index in [2.05, 4.69) is 33.8 Å². The molecule has 1 aromatic carbocycles. The third-order valence-electron chi connectivity index (χ3n) is 5.58. The van der Waals surface area contributed by atoms with E-state index in [1.54, 1.807) is 7.11 Å². The summed E-state index contributed by atoms with van der Waals surface area (Å²) >= 11 is 1.47. The van der Waals surface area contributed by atoms with Gasteiger partial charge in [0, 0.05) is 18.1 Å². The maximum absolute atomic E-state index is 12.8. The first-order chi connectivity index (χ1) is 12.7. The van der Waals surface area contributed by atoms with Crippen LogP contribution in [0.15, 0.2) is 23.6 Å². The number of ether oxygens (including phenoxy) is 1. The standard InChI is InChI=1S/C20H25N3O2S.ClH/c1-25-20(8-10-21-11-9-20)18(24)23-19-22-17(13-26-19)16-7-6-14-4-2-3-5-15(14)12-16;/h6-7,12-13,21H,2-5,8-11H2,1H3,(H,22,23,24);1H. The molecule has 27 heavy (non-hydrogen) atoms. The highest BCUT2D eigenvalue weighted by atomic mass is 35.5. The summed E-state index contributed by atoms with van der Waals surface area (Å²) in [5.74, 6) is -0.0900. The minimum absolute atomic E-state index is 0. The minimum atomic E-state index is -0.747. The first-order valence-corrected chi connectivity index (χ1v) is 10.2. The molecule has 1 fully saturated rings. The lowest BCUT2D eigenvalue weighted by molar-refractivity contribution is -0.140. The summed E-state index contributed by atoms with van der Waals surface area (Å²) in [6, 6.07) is 6.64. The SMILES string of the molecule is COC1(C(=O)Nc2nc(-c3ccc4c(c3)CCCC4)cs2)CCNCC1.Cl. The molecule has 0 saturated carbocycles. The van der Waals surface area contributed by atoms with E-state index < -0.39 is 5.60 Å². The van der Waals surface area contributed by atoms with Crippen LogP contribution >= 0.6 is 23.7 Å². The molecule has 2 N–H and O–H groups in total. The molecule has 1 amide bonds. The lowest BCUT2D eigenvalue weighted by Crippen LogP contribution is -2.51. The Kier molecular flexibility index (Phi) is 6.52. The molecule has 146 valence electrons. The van der Waals surface area contributed by atoms with Gasteiger partial charge in [-0.15, -0.1) is 23.7 Å². The van der Waals surface area contributed by atoms with Crippen LogP contribution in [0.25, 0.3) is 11.3 Å². The van der Waals surface area contributed by atoms with Crippen LogP contribution in [0, 0.1) is 0 Å². The lowest BCUT2D eigenvalue weighted by atomic mass is 9.90. The highest BCUT2D eigenvalue weighted by molar-refractivity contribution is 7.14. The maximum Gasteiger partial charge on any atom is 0.258 e. The van der Waals surface area contributed by atoms with E-state index in [-0.39, 0.29) is 18.3 Å². The Morgan fingerprint density at radius 1 is 1.22 bits per heavy atom. The number of fused-ring (bicyclic) bond motifs is 1. The molecule has 5 nitrogen and oxygen atoms in total. The Labute approximate surface area is 170 Å². The van der Waals surface area contributed by atoms with E-state index in [1.165, 1.54) is 41.7 Å². The van der Waals surface area contributed by atoms with Crippen LogP contribution in [0.2, 0.25) is 0 Å². The smallest absolute Gasteiger partial charge is 0.258 e. The fraction of sp³-hybridized carbons (Fsp3) is 0.500. The second-order valence-electron chi connectivity index (χ2n) is 7.13. The van der Waals surface area contributed by atoms with Crippen molar-refractivity contribution in [2.45, 2.75) is 44.1 Å². The average molecular weight is 408 g/mol. The van der Waals surface area contributed by atoms with Crippen LogP contribution in [-0.2, 0) is 22.4 Å². The number of aromatic nitrogens is 1. The van der Waals surface area contributed by atoms with Crippen molar-refractivity contribution >= 4 is 34.8 Å². The number of nitrogens with zero attached hydrogens (tertiary/aromatic N) is 1. The molecule has 0 radical (unpaired) electrons. The zero-order valence-electron chi connectivity index (χ0n) is 15.5. The largest absolute Gasteiger partial charge is 0.368 e. The number of methoxy groups -OCH3 is 1. The average Bonchev–Trinajstić information content (AvgIpc) is 3.16. The number of amides is 1. The number of hydrogen-bond donors (Lipinski definition) is 2. The fourth-order valence-corrected chi connectivity index (χ4v) is 4.64. The molecule has 0 unspecified atom stereocenters. The predicted molar refractivity (Wildman–Crippen MR) is 112 cm³/mol. The van der Waals surface area contributed by atoms with Gasteiger partial charge in [0.05, 0.1) is 5.69 Å². The molecule has 2 aromatic rings. The third kappa shape index (κ3) is 4.19. The molecule has 1 aliphatic heterocycles. The first kappa shape index (κ1) is 20.3. The molecular weight excluding hydrogens is 382 g/mol. The molecule has 2 aliphatic rings. The molecule has 1 saturated heterocycles. The van der Waals surface area contributed by atoms with Crippen LogP contribution in [0.1, 0.15) is 36.8 Å². The quantitative estimate of drug-likeness (QED) is 0.808. The van der Waals surface area contributed by atoms with Crippen LogP contribution in [-0.4, -0.2) is 36.7 Å². The number of nitrogens with one attached hydrogen (secondary N) is 2. The Balaban J connectivity index is 0.00000210. The molecule has 1 aliphatic carbocycles. The number of rotatable bonds is 4. The van der Waals surface area contributed by atoms with E-state index in [4.69, 9.17) is 4.74 Å². The molecule has 0 spiro atoms. The number of hydrogen-bond acceptors (Lipinski definition) is 5. The van der Waals surface area contributed by atoms with E-state index in [0.29, 0.717) is 18.0 Å². The number of anilines is 1. The van der Waals surface area contributed by atoms with Crippen molar-refractivity contribution in [2.24, 2.45) is 0 Å². The number of aryl methyl sites for hydroxylation is 2. The van der Waals surface area contributed by atoms with Gasteiger partial charge < -0.3 is 10.1 Å². The van der Waals surface area contributed by atoms with Gasteiger partial charge in [0.15, 0.2) is 5.13 Å². The van der Waals surface area contributed by atoms with Gasteiger partial charge in [0.1, 0.15) is 5.60 Å². The molecule has 7 heteroatoms. The van der Waals surface area contributed by atoms with Crippen molar-refractivity contribution in [3.8, 4) is 11.3 Å². The van der Waals surface area contributed by atoms with Crippen LogP contribution in [0.3, 0.4) is 0 Å². The summed E-state index contributed by atoms with van der Waals surface area (Å²) in [6.45, 7) is 1.58. The lowest BCUT2D eigenvalue weighted by Gasteiger charge is -2.34. The zero-order valence-corrected chi connectivity index (χ0v) is 17.2. The highest BCUT2D eigenvalue weighted by Gasteiger charge is 2.40. The topological polar surface area (TPSA) is 63.2 Å². The molecule has 0 bridgehead atoms. The molecule has 2 heterocycles. The molecule has 4 rings (SSSR count). The van der Waals surface area contributed by atoms with Gasteiger partial charge in [-0.1, -0.05) is 12.1 Å². The normalized spacial score (nSPS) is 18.3. The number of thiazole rings is 1. The van der Waals surface area contributed by atoms with Crippen LogP contribution in [0.4, 0.5) is 5.13 Å². The maximum atomic E-state index is 12.8. The second kappa shape index (κ2) is 8.69. The zero-order chi connectivity index (χ0) is 18.0. The number of carbonyl (C=O) groups excluding carboxylic acids is 1. The first-order valence-electron chi connectivity index (χ1n) is 9.35. The van der Waals surface area contributed by atoms with Gasteiger partial charge in [-0.3, -0.25) is 10.1 Å². The Bertz CT molecular complexity index is 802. The van der Waals surface area contributed by atoms with Crippen molar-refractivity contribution < 1.29 is 9.53 Å². The van der Waals surface area contributed by atoms with Gasteiger partial charge >= 0.3 is 0 Å². The highest BCUT2D eigenvalue weighted by Crippen LogP contribution is 2.31. The van der Waals surface area contributed by atoms with Gasteiger partial charge in [-0.05, 0) is 68.8 Å². The number of piperidine rings is 1. The number of carbonyl (C=O) groups is 1. The van der Waals surface area contributed by atoms with Gasteiger partial charge in [-0.2, -0.15) is 0 Å². The summed E-state index contributed by atoms with van der Waals surface area (Å²) in [5, 5.41) is 8.89.